The van der Waals surface area contributed by atoms with Crippen molar-refractivity contribution in [1.29, 1.82) is 0 Å². The van der Waals surface area contributed by atoms with Gasteiger partial charge in [0.25, 0.3) is 7.82 Å². The summed E-state index contributed by atoms with van der Waals surface area (Å²) in [5.41, 5.74) is 0. The molecule has 7 heteroatoms. The van der Waals surface area contributed by atoms with Crippen LogP contribution in [0.1, 0.15) is 91.9 Å². The Morgan fingerprint density at radius 2 is 1.43 bits per heavy atom. The van der Waals surface area contributed by atoms with Crippen molar-refractivity contribution in [3.8, 4) is 0 Å². The molecule has 0 fully saturated rings. The Morgan fingerprint density at radius 1 is 0.857 bits per heavy atom. The fourth-order valence-electron chi connectivity index (χ4n) is 2.66. The Labute approximate surface area is 172 Å². The summed E-state index contributed by atoms with van der Waals surface area (Å²) >= 11 is 0. The van der Waals surface area contributed by atoms with Crippen LogP contribution in [-0.4, -0.2) is 17.8 Å². The maximum absolute atomic E-state index is 10.7. The first-order chi connectivity index (χ1) is 13.5. The van der Waals surface area contributed by atoms with Crippen LogP contribution < -0.4 is 9.46 Å². The highest BCUT2D eigenvalue weighted by atomic mass is 31.2. The van der Waals surface area contributed by atoms with E-state index >= 15 is 0 Å². The van der Waals surface area contributed by atoms with Crippen molar-refractivity contribution in [3.05, 3.63) is 18.7 Å². The van der Waals surface area contributed by atoms with Gasteiger partial charge < -0.3 is 13.9 Å². The van der Waals surface area contributed by atoms with Crippen molar-refractivity contribution in [2.45, 2.75) is 105 Å². The molecule has 0 aliphatic carbocycles. The van der Waals surface area contributed by atoms with E-state index in [9.17, 15) is 9.46 Å². The monoisotopic (exact) mass is 418 g/mol. The summed E-state index contributed by atoms with van der Waals surface area (Å²) in [6, 6.07) is 0. The molecule has 166 valence electrons. The molecule has 0 saturated carbocycles. The van der Waals surface area contributed by atoms with E-state index in [1.54, 1.807) is 0 Å². The molecule has 0 amide bonds. The maximum Gasteiger partial charge on any atom is 0.267 e. The predicted octanol–water partition coefficient (Wildman–Crippen LogP) is 5.24. The minimum absolute atomic E-state index is 0.199. The number of hydrogen-bond donors (Lipinski definition) is 0. The highest BCUT2D eigenvalue weighted by Crippen LogP contribution is 2.38. The van der Waals surface area contributed by atoms with Crippen LogP contribution in [0.5, 0.6) is 0 Å². The number of hydrogen-bond acceptors (Lipinski definition) is 4. The lowest BCUT2D eigenvalue weighted by Gasteiger charge is -2.21. The molecule has 0 N–H and O–H groups in total. The van der Waals surface area contributed by atoms with Crippen LogP contribution >= 0.6 is 7.82 Å². The van der Waals surface area contributed by atoms with Gasteiger partial charge in [-0.25, -0.2) is 9.13 Å². The Hall–Kier alpha value is -0.680. The van der Waals surface area contributed by atoms with Gasteiger partial charge in [-0.05, 0) is 32.1 Å². The molecule has 0 atom stereocenters. The molecular formula is C21H43N2O4P. The molecule has 28 heavy (non-hydrogen) atoms. The SMILES string of the molecule is CCCCCCCCCn1cc[n+](CCC)c1.CCCOP(=O)([O-])OCCC. The first-order valence-corrected chi connectivity index (χ1v) is 12.6. The molecule has 0 unspecified atom stereocenters. The van der Waals surface area contributed by atoms with Gasteiger partial charge in [0.1, 0.15) is 12.4 Å². The van der Waals surface area contributed by atoms with Gasteiger partial charge in [0.15, 0.2) is 0 Å². The molecule has 1 aromatic rings. The molecule has 0 radical (unpaired) electrons. The molecule has 0 aliphatic heterocycles. The average Bonchev–Trinajstić information content (AvgIpc) is 3.12. The molecule has 0 spiro atoms. The van der Waals surface area contributed by atoms with E-state index in [-0.39, 0.29) is 13.2 Å². The summed E-state index contributed by atoms with van der Waals surface area (Å²) in [5, 5.41) is 0. The van der Waals surface area contributed by atoms with Gasteiger partial charge in [0, 0.05) is 0 Å². The number of rotatable bonds is 16. The Balaban J connectivity index is 0.000000576. The van der Waals surface area contributed by atoms with Crippen molar-refractivity contribution in [3.63, 3.8) is 0 Å². The average molecular weight is 419 g/mol. The van der Waals surface area contributed by atoms with Crippen LogP contribution in [0.25, 0.3) is 0 Å². The Morgan fingerprint density at radius 3 is 1.96 bits per heavy atom. The van der Waals surface area contributed by atoms with Crippen molar-refractivity contribution in [2.75, 3.05) is 13.2 Å². The predicted molar refractivity (Wildman–Crippen MR) is 113 cm³/mol. The van der Waals surface area contributed by atoms with Crippen LogP contribution in [0.2, 0.25) is 0 Å². The van der Waals surface area contributed by atoms with E-state index in [0.717, 1.165) is 6.54 Å². The first-order valence-electron chi connectivity index (χ1n) is 11.1. The number of unbranched alkanes of at least 4 members (excludes halogenated alkanes) is 6. The third-order valence-corrected chi connectivity index (χ3v) is 5.15. The van der Waals surface area contributed by atoms with Crippen molar-refractivity contribution < 1.29 is 23.1 Å². The van der Waals surface area contributed by atoms with Crippen molar-refractivity contribution in [1.82, 2.24) is 4.57 Å². The van der Waals surface area contributed by atoms with Gasteiger partial charge in [-0.3, -0.25) is 4.57 Å². The topological polar surface area (TPSA) is 67.4 Å². The zero-order valence-electron chi connectivity index (χ0n) is 18.6. The highest BCUT2D eigenvalue weighted by Gasteiger charge is 2.06. The smallest absolute Gasteiger partial charge is 0.267 e. The summed E-state index contributed by atoms with van der Waals surface area (Å²) in [6.45, 7) is 10.9. The lowest BCUT2D eigenvalue weighted by Crippen LogP contribution is -2.30. The zero-order chi connectivity index (χ0) is 21.1. The lowest BCUT2D eigenvalue weighted by molar-refractivity contribution is -0.696. The lowest BCUT2D eigenvalue weighted by atomic mass is 10.1. The second kappa shape index (κ2) is 18.4. The van der Waals surface area contributed by atoms with Crippen LogP contribution in [-0.2, 0) is 26.7 Å². The molecule has 0 aliphatic rings. The number of aryl methyl sites for hydroxylation is 2. The quantitative estimate of drug-likeness (QED) is 0.209. The molecule has 1 rings (SSSR count). The second-order valence-corrected chi connectivity index (χ2v) is 8.54. The van der Waals surface area contributed by atoms with E-state index in [1.165, 1.54) is 57.9 Å². The first kappa shape index (κ1) is 27.3. The number of aromatic nitrogens is 2. The Bertz CT molecular complexity index is 496. The van der Waals surface area contributed by atoms with Crippen molar-refractivity contribution >= 4 is 7.82 Å². The van der Waals surface area contributed by atoms with E-state index < -0.39 is 7.82 Å². The molecule has 1 aromatic heterocycles. The third kappa shape index (κ3) is 16.3. The Kier molecular flexibility index (Phi) is 17.9. The van der Waals surface area contributed by atoms with Crippen LogP contribution in [0.15, 0.2) is 18.7 Å². The second-order valence-electron chi connectivity index (χ2n) is 7.12. The number of phosphoric ester groups is 1. The molecule has 0 bridgehead atoms. The maximum atomic E-state index is 10.7. The highest BCUT2D eigenvalue weighted by molar-refractivity contribution is 7.45. The summed E-state index contributed by atoms with van der Waals surface area (Å²) in [7, 11) is -3.98. The van der Waals surface area contributed by atoms with Crippen LogP contribution in [0.4, 0.5) is 0 Å². The van der Waals surface area contributed by atoms with Gasteiger partial charge >= 0.3 is 0 Å². The van der Waals surface area contributed by atoms with Crippen LogP contribution in [0, 0.1) is 0 Å². The largest absolute Gasteiger partial charge is 0.756 e. The van der Waals surface area contributed by atoms with E-state index in [2.05, 4.69) is 50.8 Å². The minimum Gasteiger partial charge on any atom is -0.756 e. The molecule has 0 saturated heterocycles. The van der Waals surface area contributed by atoms with Gasteiger partial charge in [-0.2, -0.15) is 0 Å². The van der Waals surface area contributed by atoms with Crippen LogP contribution in [0.3, 0.4) is 0 Å². The molecule has 1 heterocycles. The fraction of sp³-hybridized carbons (Fsp3) is 0.857. The van der Waals surface area contributed by atoms with Crippen molar-refractivity contribution in [2.24, 2.45) is 0 Å². The van der Waals surface area contributed by atoms with Gasteiger partial charge in [-0.15, -0.1) is 0 Å². The third-order valence-electron chi connectivity index (χ3n) is 4.15. The molecule has 0 aromatic carbocycles. The normalized spacial score (nSPS) is 11.3. The standard InChI is InChI=1S/C15H29N2.C6H15O4P/c1-3-5-6-7-8-9-10-12-17-14-13-16(15-17)11-4-2;1-3-5-9-11(7,8)10-6-4-2/h13-15H,3-12H2,1-2H3;3-6H2,1-2H3,(H,7,8)/q+1;/p-1. The van der Waals surface area contributed by atoms with Gasteiger partial charge in [0.05, 0.1) is 26.3 Å². The van der Waals surface area contributed by atoms with E-state index in [4.69, 9.17) is 0 Å². The van der Waals surface area contributed by atoms with E-state index in [1.807, 2.05) is 13.8 Å². The number of nitrogens with zero attached hydrogens (tertiary/aromatic N) is 2. The minimum atomic E-state index is -3.98. The summed E-state index contributed by atoms with van der Waals surface area (Å²) in [6.07, 6.45) is 18.9. The number of imidazole rings is 1. The fourth-order valence-corrected chi connectivity index (χ4v) is 3.54. The molecule has 6 nitrogen and oxygen atoms in total. The van der Waals surface area contributed by atoms with Gasteiger partial charge in [-0.1, -0.05) is 59.8 Å². The van der Waals surface area contributed by atoms with E-state index in [0.29, 0.717) is 12.8 Å². The van der Waals surface area contributed by atoms with Gasteiger partial charge in [0.2, 0.25) is 6.33 Å². The summed E-state index contributed by atoms with van der Waals surface area (Å²) in [4.78, 5) is 10.7. The zero-order valence-corrected chi connectivity index (χ0v) is 19.5. The molecular weight excluding hydrogens is 375 g/mol. The number of phosphoric acid groups is 1. The summed E-state index contributed by atoms with van der Waals surface area (Å²) in [5.74, 6) is 0. The summed E-state index contributed by atoms with van der Waals surface area (Å²) < 4.78 is 24.2.